The predicted octanol–water partition coefficient (Wildman–Crippen LogP) is 0.261. The van der Waals surface area contributed by atoms with Crippen molar-refractivity contribution in [1.29, 1.82) is 0 Å². The Balaban J connectivity index is 1.60. The Bertz CT molecular complexity index is 1020. The molecule has 1 saturated heterocycles. The third-order valence-corrected chi connectivity index (χ3v) is 5.90. The molecule has 1 aliphatic heterocycles. The van der Waals surface area contributed by atoms with Crippen molar-refractivity contribution in [2.45, 2.75) is 23.8 Å². The molecule has 0 unspecified atom stereocenters. The highest BCUT2D eigenvalue weighted by molar-refractivity contribution is 7.89. The van der Waals surface area contributed by atoms with Gasteiger partial charge >= 0.3 is 0 Å². The lowest BCUT2D eigenvalue weighted by Gasteiger charge is -2.32. The fraction of sp³-hybridized carbons (Fsp3) is 0.312. The standard InChI is InChI=1S/C16H17N5O6S/c22-15-6-5-14(17-18-15)16(23)20-9-7-11(8-10-20)19-28(26,27)13-3-1-12(2-4-13)21(24)25/h1-6,11,19H,7-10H2,(H,18,22). The molecule has 148 valence electrons. The number of carbonyl (C=O) groups is 1. The maximum absolute atomic E-state index is 12.4. The number of benzene rings is 1. The Hall–Kier alpha value is -3.12. The van der Waals surface area contributed by atoms with Crippen LogP contribution in [0.2, 0.25) is 0 Å². The highest BCUT2D eigenvalue weighted by atomic mass is 32.2. The Morgan fingerprint density at radius 3 is 2.36 bits per heavy atom. The molecule has 0 aliphatic carbocycles. The number of piperidine rings is 1. The molecular formula is C16H17N5O6S. The molecule has 2 heterocycles. The SMILES string of the molecule is O=C(c1ccc(=O)[nH]n1)N1CCC(NS(=O)(=O)c2ccc([N+](=O)[O-])cc2)CC1. The van der Waals surface area contributed by atoms with Gasteiger partial charge in [0, 0.05) is 37.3 Å². The summed E-state index contributed by atoms with van der Waals surface area (Å²) in [6.07, 6.45) is 0.808. The smallest absolute Gasteiger partial charge is 0.274 e. The van der Waals surface area contributed by atoms with Crippen LogP contribution in [-0.2, 0) is 10.0 Å². The van der Waals surface area contributed by atoms with Crippen molar-refractivity contribution < 1.29 is 18.1 Å². The number of nitrogens with one attached hydrogen (secondary N) is 2. The summed E-state index contributed by atoms with van der Waals surface area (Å²) in [6.45, 7) is 0.653. The number of aromatic nitrogens is 2. The molecule has 1 amide bonds. The highest BCUT2D eigenvalue weighted by Crippen LogP contribution is 2.18. The van der Waals surface area contributed by atoms with Crippen molar-refractivity contribution in [3.8, 4) is 0 Å². The van der Waals surface area contributed by atoms with Crippen LogP contribution in [0.4, 0.5) is 5.69 Å². The zero-order valence-electron chi connectivity index (χ0n) is 14.6. The number of amides is 1. The molecule has 0 spiro atoms. The zero-order chi connectivity index (χ0) is 20.3. The Labute approximate surface area is 159 Å². The third-order valence-electron chi connectivity index (χ3n) is 4.36. The second-order valence-corrected chi connectivity index (χ2v) is 7.96. The minimum Gasteiger partial charge on any atom is -0.337 e. The molecule has 11 nitrogen and oxygen atoms in total. The number of aromatic amines is 1. The number of nitrogens with zero attached hydrogens (tertiary/aromatic N) is 3. The minimum absolute atomic E-state index is 0.0611. The van der Waals surface area contributed by atoms with Crippen LogP contribution in [0.15, 0.2) is 46.1 Å². The van der Waals surface area contributed by atoms with Crippen LogP contribution in [0, 0.1) is 10.1 Å². The Kier molecular flexibility index (Phi) is 5.51. The maximum Gasteiger partial charge on any atom is 0.274 e. The van der Waals surface area contributed by atoms with E-state index in [-0.39, 0.29) is 28.2 Å². The van der Waals surface area contributed by atoms with E-state index in [1.54, 1.807) is 0 Å². The largest absolute Gasteiger partial charge is 0.337 e. The first-order valence-electron chi connectivity index (χ1n) is 8.38. The Morgan fingerprint density at radius 2 is 1.82 bits per heavy atom. The summed E-state index contributed by atoms with van der Waals surface area (Å²) in [6, 6.07) is 6.81. The van der Waals surface area contributed by atoms with Crippen molar-refractivity contribution in [3.63, 3.8) is 0 Å². The van der Waals surface area contributed by atoms with Gasteiger partial charge in [0.1, 0.15) is 5.69 Å². The molecule has 0 radical (unpaired) electrons. The molecule has 28 heavy (non-hydrogen) atoms. The monoisotopic (exact) mass is 407 g/mol. The summed E-state index contributed by atoms with van der Waals surface area (Å²) in [5, 5.41) is 16.6. The van der Waals surface area contributed by atoms with Crippen molar-refractivity contribution >= 4 is 21.6 Å². The molecule has 3 rings (SSSR count). The van der Waals surface area contributed by atoms with E-state index in [0.717, 1.165) is 12.1 Å². The number of H-pyrrole nitrogens is 1. The van der Waals surface area contributed by atoms with Crippen LogP contribution in [0.5, 0.6) is 0 Å². The third kappa shape index (κ3) is 4.40. The Morgan fingerprint density at radius 1 is 1.18 bits per heavy atom. The molecule has 1 aromatic heterocycles. The van der Waals surface area contributed by atoms with E-state index in [1.807, 2.05) is 0 Å². The molecule has 1 aromatic carbocycles. The van der Waals surface area contributed by atoms with Gasteiger partial charge in [-0.15, -0.1) is 0 Å². The minimum atomic E-state index is -3.83. The van der Waals surface area contributed by atoms with Gasteiger partial charge in [0.15, 0.2) is 0 Å². The van der Waals surface area contributed by atoms with Crippen LogP contribution in [-0.4, -0.2) is 53.5 Å². The average Bonchev–Trinajstić information content (AvgIpc) is 2.68. The predicted molar refractivity (Wildman–Crippen MR) is 97.2 cm³/mol. The van der Waals surface area contributed by atoms with Gasteiger partial charge in [-0.05, 0) is 31.0 Å². The van der Waals surface area contributed by atoms with E-state index >= 15 is 0 Å². The summed E-state index contributed by atoms with van der Waals surface area (Å²) in [7, 11) is -3.83. The van der Waals surface area contributed by atoms with Gasteiger partial charge in [0.2, 0.25) is 10.0 Å². The number of likely N-dealkylation sites (tertiary alicyclic amines) is 1. The van der Waals surface area contributed by atoms with Gasteiger partial charge in [0.25, 0.3) is 17.2 Å². The molecule has 2 N–H and O–H groups in total. The molecular weight excluding hydrogens is 390 g/mol. The fourth-order valence-electron chi connectivity index (χ4n) is 2.86. The van der Waals surface area contributed by atoms with Gasteiger partial charge in [-0.3, -0.25) is 19.7 Å². The molecule has 12 heteroatoms. The van der Waals surface area contributed by atoms with E-state index in [9.17, 15) is 28.1 Å². The lowest BCUT2D eigenvalue weighted by molar-refractivity contribution is -0.384. The van der Waals surface area contributed by atoms with Gasteiger partial charge in [0.05, 0.1) is 9.82 Å². The highest BCUT2D eigenvalue weighted by Gasteiger charge is 2.28. The number of hydrogen-bond acceptors (Lipinski definition) is 7. The summed E-state index contributed by atoms with van der Waals surface area (Å²) in [4.78, 5) is 34.9. The lowest BCUT2D eigenvalue weighted by atomic mass is 10.1. The van der Waals surface area contributed by atoms with Crippen LogP contribution < -0.4 is 10.3 Å². The van der Waals surface area contributed by atoms with Gasteiger partial charge in [-0.25, -0.2) is 18.2 Å². The second-order valence-electron chi connectivity index (χ2n) is 6.25. The summed E-state index contributed by atoms with van der Waals surface area (Å²) in [5.41, 5.74) is -0.484. The van der Waals surface area contributed by atoms with Gasteiger partial charge < -0.3 is 4.90 Å². The molecule has 2 aromatic rings. The van der Waals surface area contributed by atoms with Gasteiger partial charge in [-0.1, -0.05) is 0 Å². The molecule has 1 aliphatic rings. The van der Waals surface area contributed by atoms with Crippen molar-refractivity contribution in [2.75, 3.05) is 13.1 Å². The zero-order valence-corrected chi connectivity index (χ0v) is 15.4. The molecule has 0 atom stereocenters. The maximum atomic E-state index is 12.4. The second kappa shape index (κ2) is 7.86. The average molecular weight is 407 g/mol. The summed E-state index contributed by atoms with van der Waals surface area (Å²) in [5.74, 6) is -0.340. The first kappa shape index (κ1) is 19.6. The number of non-ortho nitro benzene ring substituents is 1. The van der Waals surface area contributed by atoms with Crippen molar-refractivity contribution in [3.05, 3.63) is 62.6 Å². The first-order valence-corrected chi connectivity index (χ1v) is 9.86. The van der Waals surface area contributed by atoms with E-state index in [2.05, 4.69) is 14.9 Å². The fourth-order valence-corrected chi connectivity index (χ4v) is 4.17. The molecule has 0 bridgehead atoms. The van der Waals surface area contributed by atoms with Crippen LogP contribution >= 0.6 is 0 Å². The van der Waals surface area contributed by atoms with Crippen LogP contribution in [0.25, 0.3) is 0 Å². The van der Waals surface area contributed by atoms with E-state index in [0.29, 0.717) is 25.9 Å². The number of sulfonamides is 1. The number of nitro benzene ring substituents is 1. The topological polar surface area (TPSA) is 155 Å². The number of carbonyl (C=O) groups excluding carboxylic acids is 1. The normalized spacial score (nSPS) is 15.4. The van der Waals surface area contributed by atoms with Crippen LogP contribution in [0.3, 0.4) is 0 Å². The lowest BCUT2D eigenvalue weighted by Crippen LogP contribution is -2.46. The van der Waals surface area contributed by atoms with E-state index in [4.69, 9.17) is 0 Å². The number of nitro groups is 1. The van der Waals surface area contributed by atoms with Crippen molar-refractivity contribution in [1.82, 2.24) is 19.8 Å². The number of rotatable bonds is 5. The quantitative estimate of drug-likeness (QED) is 0.532. The van der Waals surface area contributed by atoms with Gasteiger partial charge in [-0.2, -0.15) is 5.10 Å². The summed E-state index contributed by atoms with van der Waals surface area (Å²) < 4.78 is 27.5. The van der Waals surface area contributed by atoms with E-state index in [1.165, 1.54) is 29.2 Å². The molecule has 0 saturated carbocycles. The first-order chi connectivity index (χ1) is 13.3. The molecule has 1 fully saturated rings. The van der Waals surface area contributed by atoms with Crippen molar-refractivity contribution in [2.24, 2.45) is 0 Å². The number of hydrogen-bond donors (Lipinski definition) is 2. The van der Waals surface area contributed by atoms with E-state index < -0.39 is 20.5 Å². The van der Waals surface area contributed by atoms with Crippen LogP contribution in [0.1, 0.15) is 23.3 Å². The summed E-state index contributed by atoms with van der Waals surface area (Å²) >= 11 is 0.